The average molecular weight is 161 g/mol. The largest absolute Gasteiger partial charge is 0.381 e. The lowest BCUT2D eigenvalue weighted by Crippen LogP contribution is -2.23. The molecule has 0 aromatic heterocycles. The molecule has 10 heavy (non-hydrogen) atoms. The fraction of sp³-hybridized carbons (Fsp3) is 0.750. The van der Waals surface area contributed by atoms with Gasteiger partial charge in [0.05, 0.1) is 11.5 Å². The Balaban J connectivity index is 2.40. The molecule has 58 valence electrons. The van der Waals surface area contributed by atoms with Crippen molar-refractivity contribution in [3.8, 4) is 0 Å². The molecule has 0 heterocycles. The second-order valence-corrected chi connectivity index (χ2v) is 3.28. The van der Waals surface area contributed by atoms with Crippen molar-refractivity contribution in [1.29, 1.82) is 0 Å². The van der Waals surface area contributed by atoms with Gasteiger partial charge in [-0.2, -0.15) is 0 Å². The molecule has 2 heteroatoms. The van der Waals surface area contributed by atoms with Crippen LogP contribution < -0.4 is 0 Å². The van der Waals surface area contributed by atoms with Crippen molar-refractivity contribution in [3.63, 3.8) is 0 Å². The molecule has 0 aliphatic heterocycles. The maximum absolute atomic E-state index is 5.96. The fourth-order valence-electron chi connectivity index (χ4n) is 1.23. The van der Waals surface area contributed by atoms with Crippen molar-refractivity contribution in [2.75, 3.05) is 7.11 Å². The minimum absolute atomic E-state index is 0.138. The van der Waals surface area contributed by atoms with Gasteiger partial charge < -0.3 is 4.74 Å². The van der Waals surface area contributed by atoms with Gasteiger partial charge in [-0.1, -0.05) is 12.2 Å². The van der Waals surface area contributed by atoms with Crippen LogP contribution in [0.15, 0.2) is 12.2 Å². The van der Waals surface area contributed by atoms with Crippen LogP contribution in [0, 0.1) is 0 Å². The summed E-state index contributed by atoms with van der Waals surface area (Å²) in [6.45, 7) is 3.88. The molecule has 1 aliphatic rings. The Kier molecular flexibility index (Phi) is 2.75. The maximum atomic E-state index is 5.96. The van der Waals surface area contributed by atoms with Gasteiger partial charge in [0.2, 0.25) is 0 Å². The highest BCUT2D eigenvalue weighted by Gasteiger charge is 2.22. The van der Waals surface area contributed by atoms with Crippen LogP contribution in [0.5, 0.6) is 0 Å². The minimum Gasteiger partial charge on any atom is -0.381 e. The number of alkyl halides is 1. The van der Waals surface area contributed by atoms with Crippen molar-refractivity contribution in [2.45, 2.75) is 30.7 Å². The number of ether oxygens (including phenoxy) is 1. The van der Waals surface area contributed by atoms with E-state index in [1.807, 2.05) is 0 Å². The highest BCUT2D eigenvalue weighted by atomic mass is 35.5. The average Bonchev–Trinajstić information content (AvgIpc) is 1.95. The zero-order valence-electron chi connectivity index (χ0n) is 6.27. The summed E-state index contributed by atoms with van der Waals surface area (Å²) in [4.78, 5) is 0. The lowest BCUT2D eigenvalue weighted by molar-refractivity contribution is 0.0813. The standard InChI is InChI=1S/C8H13ClO/c1-6-3-4-7(10-2)5-8(6)9/h7-8H,1,3-5H2,2H3. The van der Waals surface area contributed by atoms with E-state index in [1.165, 1.54) is 0 Å². The van der Waals surface area contributed by atoms with Gasteiger partial charge in [0, 0.05) is 7.11 Å². The van der Waals surface area contributed by atoms with E-state index in [4.69, 9.17) is 16.3 Å². The predicted octanol–water partition coefficient (Wildman–Crippen LogP) is 2.35. The van der Waals surface area contributed by atoms with Gasteiger partial charge in [-0.25, -0.2) is 0 Å². The van der Waals surface area contributed by atoms with Crippen LogP contribution in [0.3, 0.4) is 0 Å². The van der Waals surface area contributed by atoms with Gasteiger partial charge in [-0.15, -0.1) is 11.6 Å². The third-order valence-electron chi connectivity index (χ3n) is 2.03. The first-order valence-electron chi connectivity index (χ1n) is 3.58. The Bertz CT molecular complexity index is 133. The number of halogens is 1. The Morgan fingerprint density at radius 1 is 1.70 bits per heavy atom. The molecule has 0 aromatic rings. The van der Waals surface area contributed by atoms with E-state index in [-0.39, 0.29) is 5.38 Å². The predicted molar refractivity (Wildman–Crippen MR) is 43.4 cm³/mol. The molecule has 0 aromatic carbocycles. The second kappa shape index (κ2) is 3.40. The van der Waals surface area contributed by atoms with Crippen molar-refractivity contribution < 1.29 is 4.74 Å². The summed E-state index contributed by atoms with van der Waals surface area (Å²) in [5, 5.41) is 0.138. The van der Waals surface area contributed by atoms with Crippen LogP contribution in [0.4, 0.5) is 0 Å². The van der Waals surface area contributed by atoms with E-state index < -0.39 is 0 Å². The second-order valence-electron chi connectivity index (χ2n) is 2.76. The topological polar surface area (TPSA) is 9.23 Å². The van der Waals surface area contributed by atoms with Crippen LogP contribution >= 0.6 is 11.6 Å². The molecule has 0 radical (unpaired) electrons. The first-order chi connectivity index (χ1) is 4.74. The van der Waals surface area contributed by atoms with E-state index in [0.717, 1.165) is 24.8 Å². The molecule has 0 bridgehead atoms. The number of rotatable bonds is 1. The number of allylic oxidation sites excluding steroid dienone is 1. The van der Waals surface area contributed by atoms with Gasteiger partial charge >= 0.3 is 0 Å². The smallest absolute Gasteiger partial charge is 0.0591 e. The van der Waals surface area contributed by atoms with Crippen LogP contribution in [0.25, 0.3) is 0 Å². The van der Waals surface area contributed by atoms with E-state index in [9.17, 15) is 0 Å². The van der Waals surface area contributed by atoms with Crippen molar-refractivity contribution >= 4 is 11.6 Å². The summed E-state index contributed by atoms with van der Waals surface area (Å²) in [6, 6.07) is 0. The lowest BCUT2D eigenvalue weighted by atomic mass is 9.93. The van der Waals surface area contributed by atoms with Crippen molar-refractivity contribution in [2.24, 2.45) is 0 Å². The van der Waals surface area contributed by atoms with Gasteiger partial charge in [-0.05, 0) is 19.3 Å². The van der Waals surface area contributed by atoms with Crippen molar-refractivity contribution in [3.05, 3.63) is 12.2 Å². The number of methoxy groups -OCH3 is 1. The first kappa shape index (κ1) is 8.09. The summed E-state index contributed by atoms with van der Waals surface area (Å²) in [6.07, 6.45) is 3.38. The Morgan fingerprint density at radius 2 is 2.40 bits per heavy atom. The minimum atomic E-state index is 0.138. The molecular weight excluding hydrogens is 148 g/mol. The molecule has 1 saturated carbocycles. The first-order valence-corrected chi connectivity index (χ1v) is 4.02. The maximum Gasteiger partial charge on any atom is 0.0591 e. The van der Waals surface area contributed by atoms with Crippen molar-refractivity contribution in [1.82, 2.24) is 0 Å². The third kappa shape index (κ3) is 1.74. The van der Waals surface area contributed by atoms with E-state index in [0.29, 0.717) is 6.10 Å². The molecule has 1 fully saturated rings. The molecule has 1 rings (SSSR count). The summed E-state index contributed by atoms with van der Waals surface area (Å²) in [7, 11) is 1.74. The monoisotopic (exact) mass is 160 g/mol. The zero-order valence-corrected chi connectivity index (χ0v) is 7.03. The summed E-state index contributed by atoms with van der Waals surface area (Å²) in [5.41, 5.74) is 1.16. The van der Waals surface area contributed by atoms with E-state index in [1.54, 1.807) is 7.11 Å². The quantitative estimate of drug-likeness (QED) is 0.423. The summed E-state index contributed by atoms with van der Waals surface area (Å²) in [5.74, 6) is 0. The molecule has 2 atom stereocenters. The molecule has 2 unspecified atom stereocenters. The molecule has 1 nitrogen and oxygen atoms in total. The van der Waals surface area contributed by atoms with Gasteiger partial charge in [-0.3, -0.25) is 0 Å². The van der Waals surface area contributed by atoms with Crippen LogP contribution in [-0.4, -0.2) is 18.6 Å². The van der Waals surface area contributed by atoms with Crippen LogP contribution in [0.2, 0.25) is 0 Å². The Labute approximate surface area is 67.0 Å². The fourth-order valence-corrected chi connectivity index (χ4v) is 1.54. The summed E-state index contributed by atoms with van der Waals surface area (Å²) < 4.78 is 5.18. The van der Waals surface area contributed by atoms with Gasteiger partial charge in [0.1, 0.15) is 0 Å². The van der Waals surface area contributed by atoms with E-state index >= 15 is 0 Å². The van der Waals surface area contributed by atoms with Gasteiger partial charge in [0.25, 0.3) is 0 Å². The van der Waals surface area contributed by atoms with Gasteiger partial charge in [0.15, 0.2) is 0 Å². The SMILES string of the molecule is C=C1CCC(OC)CC1Cl. The molecular formula is C8H13ClO. The molecule has 1 aliphatic carbocycles. The Morgan fingerprint density at radius 3 is 2.90 bits per heavy atom. The van der Waals surface area contributed by atoms with Crippen LogP contribution in [-0.2, 0) is 4.74 Å². The van der Waals surface area contributed by atoms with E-state index in [2.05, 4.69) is 6.58 Å². The normalized spacial score (nSPS) is 34.4. The number of hydrogen-bond acceptors (Lipinski definition) is 1. The molecule has 0 spiro atoms. The number of hydrogen-bond donors (Lipinski definition) is 0. The highest BCUT2D eigenvalue weighted by molar-refractivity contribution is 6.22. The van der Waals surface area contributed by atoms with Crippen LogP contribution in [0.1, 0.15) is 19.3 Å². The third-order valence-corrected chi connectivity index (χ3v) is 2.52. The lowest BCUT2D eigenvalue weighted by Gasteiger charge is -2.25. The summed E-state index contributed by atoms with van der Waals surface area (Å²) >= 11 is 5.96. The zero-order chi connectivity index (χ0) is 7.56. The highest BCUT2D eigenvalue weighted by Crippen LogP contribution is 2.28. The molecule has 0 amide bonds. The molecule has 0 saturated heterocycles. The Hall–Kier alpha value is -0.0100. The molecule has 0 N–H and O–H groups in total.